The van der Waals surface area contributed by atoms with Gasteiger partial charge in [-0.2, -0.15) is 0 Å². The standard InChI is InChI=1S/C19H21ClN2O4/c1-25-16-11-15(17(26-2)10-14(16)20)22-19(24)12-18(23)21-9-8-13-6-4-3-5-7-13/h3-7,10-11H,8-9,12H2,1-2H3,(H,21,23)(H,22,24). The van der Waals surface area contributed by atoms with Crippen molar-refractivity contribution in [2.75, 3.05) is 26.1 Å². The SMILES string of the molecule is COc1cc(NC(=O)CC(=O)NCCc2ccccc2)c(OC)cc1Cl. The maximum atomic E-state index is 12.1. The Morgan fingerprint density at radius 3 is 2.35 bits per heavy atom. The third-order valence-corrected chi connectivity index (χ3v) is 3.94. The molecule has 6 nitrogen and oxygen atoms in total. The second-order valence-electron chi connectivity index (χ2n) is 5.50. The molecule has 0 spiro atoms. The summed E-state index contributed by atoms with van der Waals surface area (Å²) in [7, 11) is 2.93. The van der Waals surface area contributed by atoms with Crippen molar-refractivity contribution >= 4 is 29.1 Å². The van der Waals surface area contributed by atoms with Gasteiger partial charge in [0.2, 0.25) is 11.8 Å². The first-order valence-corrected chi connectivity index (χ1v) is 8.43. The monoisotopic (exact) mass is 376 g/mol. The molecule has 0 aliphatic heterocycles. The lowest BCUT2D eigenvalue weighted by atomic mass is 10.1. The van der Waals surface area contributed by atoms with E-state index in [-0.39, 0.29) is 12.3 Å². The van der Waals surface area contributed by atoms with Gasteiger partial charge >= 0.3 is 0 Å². The highest BCUT2D eigenvalue weighted by Crippen LogP contribution is 2.35. The van der Waals surface area contributed by atoms with Crippen LogP contribution in [0.25, 0.3) is 0 Å². The zero-order chi connectivity index (χ0) is 18.9. The van der Waals surface area contributed by atoms with Gasteiger partial charge in [0, 0.05) is 18.7 Å². The van der Waals surface area contributed by atoms with E-state index in [1.165, 1.54) is 20.3 Å². The number of amides is 2. The van der Waals surface area contributed by atoms with Crippen LogP contribution in [0.15, 0.2) is 42.5 Å². The Labute approximate surface area is 157 Å². The second-order valence-corrected chi connectivity index (χ2v) is 5.90. The molecule has 138 valence electrons. The smallest absolute Gasteiger partial charge is 0.233 e. The Balaban J connectivity index is 1.87. The average Bonchev–Trinajstić information content (AvgIpc) is 2.63. The zero-order valence-corrected chi connectivity index (χ0v) is 15.4. The number of benzene rings is 2. The van der Waals surface area contributed by atoms with Gasteiger partial charge in [0.05, 0.1) is 24.9 Å². The van der Waals surface area contributed by atoms with Crippen molar-refractivity contribution in [3.63, 3.8) is 0 Å². The van der Waals surface area contributed by atoms with Gasteiger partial charge in [-0.25, -0.2) is 0 Å². The molecule has 0 saturated carbocycles. The minimum absolute atomic E-state index is 0.289. The van der Waals surface area contributed by atoms with E-state index in [0.29, 0.717) is 35.2 Å². The Morgan fingerprint density at radius 2 is 1.69 bits per heavy atom. The number of nitrogens with one attached hydrogen (secondary N) is 2. The summed E-state index contributed by atoms with van der Waals surface area (Å²) in [5.74, 6) is -0.0214. The van der Waals surface area contributed by atoms with Crippen LogP contribution in [0, 0.1) is 0 Å². The number of ether oxygens (including phenoxy) is 2. The maximum absolute atomic E-state index is 12.1. The van der Waals surface area contributed by atoms with Gasteiger partial charge in [0.15, 0.2) is 0 Å². The van der Waals surface area contributed by atoms with Gasteiger partial charge in [-0.15, -0.1) is 0 Å². The van der Waals surface area contributed by atoms with Crippen LogP contribution in [0.5, 0.6) is 11.5 Å². The number of halogens is 1. The van der Waals surface area contributed by atoms with Gasteiger partial charge < -0.3 is 20.1 Å². The van der Waals surface area contributed by atoms with Gasteiger partial charge in [0.25, 0.3) is 0 Å². The molecule has 0 unspecified atom stereocenters. The normalized spacial score (nSPS) is 10.1. The molecule has 0 radical (unpaired) electrons. The van der Waals surface area contributed by atoms with Gasteiger partial charge in [-0.05, 0) is 12.0 Å². The minimum atomic E-state index is -0.454. The minimum Gasteiger partial charge on any atom is -0.495 e. The van der Waals surface area contributed by atoms with Crippen LogP contribution < -0.4 is 20.1 Å². The third kappa shape index (κ3) is 5.67. The number of rotatable bonds is 8. The van der Waals surface area contributed by atoms with Crippen LogP contribution in [0.4, 0.5) is 5.69 Å². The Kier molecular flexibility index (Phi) is 7.29. The summed E-state index contributed by atoms with van der Waals surface area (Å²) in [4.78, 5) is 24.0. The summed E-state index contributed by atoms with van der Waals surface area (Å²) in [5, 5.41) is 5.73. The van der Waals surface area contributed by atoms with E-state index in [9.17, 15) is 9.59 Å². The Morgan fingerprint density at radius 1 is 1.00 bits per heavy atom. The molecule has 0 fully saturated rings. The molecular weight excluding hydrogens is 356 g/mol. The number of methoxy groups -OCH3 is 2. The van der Waals surface area contributed by atoms with Crippen molar-refractivity contribution in [3.05, 3.63) is 53.1 Å². The highest BCUT2D eigenvalue weighted by atomic mass is 35.5. The fourth-order valence-corrected chi connectivity index (χ4v) is 2.58. The molecule has 0 heterocycles. The molecule has 2 aromatic rings. The number of carbonyl (C=O) groups is 2. The molecule has 2 aromatic carbocycles. The molecule has 2 N–H and O–H groups in total. The largest absolute Gasteiger partial charge is 0.495 e. The molecule has 0 aliphatic carbocycles. The van der Waals surface area contributed by atoms with Gasteiger partial charge in [-0.3, -0.25) is 9.59 Å². The first kappa shape index (κ1) is 19.6. The van der Waals surface area contributed by atoms with E-state index in [0.717, 1.165) is 5.56 Å². The van der Waals surface area contributed by atoms with Crippen LogP contribution in [-0.2, 0) is 16.0 Å². The summed E-state index contributed by atoms with van der Waals surface area (Å²) in [6.07, 6.45) is 0.416. The quantitative estimate of drug-likeness (QED) is 0.694. The molecule has 26 heavy (non-hydrogen) atoms. The highest BCUT2D eigenvalue weighted by molar-refractivity contribution is 6.32. The summed E-state index contributed by atoms with van der Waals surface area (Å²) < 4.78 is 10.3. The van der Waals surface area contributed by atoms with Gasteiger partial charge in [0.1, 0.15) is 17.9 Å². The van der Waals surface area contributed by atoms with Gasteiger partial charge in [-0.1, -0.05) is 41.9 Å². The topological polar surface area (TPSA) is 76.7 Å². The molecule has 2 rings (SSSR count). The van der Waals surface area contributed by atoms with E-state index in [2.05, 4.69) is 10.6 Å². The first-order chi connectivity index (χ1) is 12.5. The van der Waals surface area contributed by atoms with Crippen LogP contribution in [0.3, 0.4) is 0 Å². The Hall–Kier alpha value is -2.73. The molecule has 0 bridgehead atoms. The van der Waals surface area contributed by atoms with E-state index in [1.54, 1.807) is 6.07 Å². The summed E-state index contributed by atoms with van der Waals surface area (Å²) in [6, 6.07) is 12.9. The lowest BCUT2D eigenvalue weighted by Crippen LogP contribution is -2.29. The Bertz CT molecular complexity index is 766. The molecule has 0 aliphatic rings. The zero-order valence-electron chi connectivity index (χ0n) is 14.7. The number of anilines is 1. The summed E-state index contributed by atoms with van der Waals surface area (Å²) in [5.41, 5.74) is 1.51. The second kappa shape index (κ2) is 9.68. The molecule has 0 saturated heterocycles. The van der Waals surface area contributed by atoms with Crippen LogP contribution in [-0.4, -0.2) is 32.6 Å². The van der Waals surface area contributed by atoms with Crippen molar-refractivity contribution in [1.29, 1.82) is 0 Å². The first-order valence-electron chi connectivity index (χ1n) is 8.05. The van der Waals surface area contributed by atoms with E-state index >= 15 is 0 Å². The van der Waals surface area contributed by atoms with E-state index in [4.69, 9.17) is 21.1 Å². The fraction of sp³-hybridized carbons (Fsp3) is 0.263. The van der Waals surface area contributed by atoms with Crippen LogP contribution >= 0.6 is 11.6 Å². The van der Waals surface area contributed by atoms with E-state index in [1.807, 2.05) is 30.3 Å². The van der Waals surface area contributed by atoms with Crippen LogP contribution in [0.1, 0.15) is 12.0 Å². The summed E-state index contributed by atoms with van der Waals surface area (Å²) >= 11 is 6.03. The lowest BCUT2D eigenvalue weighted by molar-refractivity contribution is -0.126. The molecule has 0 atom stereocenters. The molecule has 0 aromatic heterocycles. The predicted octanol–water partition coefficient (Wildman–Crippen LogP) is 3.04. The highest BCUT2D eigenvalue weighted by Gasteiger charge is 2.14. The van der Waals surface area contributed by atoms with Crippen molar-refractivity contribution in [1.82, 2.24) is 5.32 Å². The van der Waals surface area contributed by atoms with Crippen molar-refractivity contribution in [2.45, 2.75) is 12.8 Å². The lowest BCUT2D eigenvalue weighted by Gasteiger charge is -2.13. The predicted molar refractivity (Wildman–Crippen MR) is 101 cm³/mol. The summed E-state index contributed by atoms with van der Waals surface area (Å²) in [6.45, 7) is 0.466. The molecule has 2 amide bonds. The van der Waals surface area contributed by atoms with Crippen LogP contribution in [0.2, 0.25) is 5.02 Å². The fourth-order valence-electron chi connectivity index (χ4n) is 2.35. The van der Waals surface area contributed by atoms with E-state index < -0.39 is 5.91 Å². The number of hydrogen-bond donors (Lipinski definition) is 2. The number of carbonyl (C=O) groups excluding carboxylic acids is 2. The van der Waals surface area contributed by atoms with Crippen molar-refractivity contribution in [2.24, 2.45) is 0 Å². The van der Waals surface area contributed by atoms with Crippen molar-refractivity contribution < 1.29 is 19.1 Å². The molecular formula is C19H21ClN2O4. The van der Waals surface area contributed by atoms with Crippen molar-refractivity contribution in [3.8, 4) is 11.5 Å². The third-order valence-electron chi connectivity index (χ3n) is 3.65. The molecule has 7 heteroatoms. The average molecular weight is 377 g/mol. The maximum Gasteiger partial charge on any atom is 0.233 e. The number of hydrogen-bond acceptors (Lipinski definition) is 4.